The minimum absolute atomic E-state index is 0.00310. The van der Waals surface area contributed by atoms with E-state index in [1.165, 1.54) is 0 Å². The van der Waals surface area contributed by atoms with E-state index in [2.05, 4.69) is 0 Å². The van der Waals surface area contributed by atoms with Crippen molar-refractivity contribution in [3.05, 3.63) is 29.8 Å². The first-order valence-electron chi connectivity index (χ1n) is 7.49. The molecule has 0 aliphatic carbocycles. The summed E-state index contributed by atoms with van der Waals surface area (Å²) in [4.78, 5) is 28.2. The van der Waals surface area contributed by atoms with Crippen LogP contribution in [0.1, 0.15) is 18.4 Å². The Morgan fingerprint density at radius 3 is 2.71 bits per heavy atom. The number of benzene rings is 1. The van der Waals surface area contributed by atoms with Crippen molar-refractivity contribution in [1.29, 1.82) is 0 Å². The van der Waals surface area contributed by atoms with Crippen LogP contribution in [0.5, 0.6) is 0 Å². The van der Waals surface area contributed by atoms with Crippen LogP contribution in [-0.2, 0) is 20.7 Å². The van der Waals surface area contributed by atoms with E-state index in [1.54, 1.807) is 9.80 Å². The number of para-hydroxylation sites is 1. The SMILES string of the molecule is O=C(CN1C(=O)CCCc2ccccc21)N1CCOCC1. The minimum Gasteiger partial charge on any atom is -0.378 e. The van der Waals surface area contributed by atoms with Crippen molar-refractivity contribution in [2.45, 2.75) is 19.3 Å². The lowest BCUT2D eigenvalue weighted by Crippen LogP contribution is -2.47. The van der Waals surface area contributed by atoms with E-state index < -0.39 is 0 Å². The van der Waals surface area contributed by atoms with Gasteiger partial charge in [0.05, 0.1) is 13.2 Å². The molecular weight excluding hydrogens is 268 g/mol. The van der Waals surface area contributed by atoms with Crippen LogP contribution in [0.2, 0.25) is 0 Å². The average Bonchev–Trinajstić information content (AvgIpc) is 2.68. The molecule has 21 heavy (non-hydrogen) atoms. The number of amides is 2. The van der Waals surface area contributed by atoms with Crippen molar-refractivity contribution in [2.75, 3.05) is 37.7 Å². The Hall–Kier alpha value is -1.88. The van der Waals surface area contributed by atoms with Crippen LogP contribution in [0.3, 0.4) is 0 Å². The van der Waals surface area contributed by atoms with Crippen molar-refractivity contribution in [1.82, 2.24) is 4.90 Å². The summed E-state index contributed by atoms with van der Waals surface area (Å²) < 4.78 is 5.26. The molecule has 1 fully saturated rings. The molecule has 0 atom stereocenters. The molecule has 2 aliphatic rings. The number of rotatable bonds is 2. The molecule has 3 rings (SSSR count). The standard InChI is InChI=1S/C16H20N2O3/c19-15-7-3-5-13-4-1-2-6-14(13)18(15)12-16(20)17-8-10-21-11-9-17/h1-2,4,6H,3,5,7-12H2. The number of carbonyl (C=O) groups excluding carboxylic acids is 2. The van der Waals surface area contributed by atoms with E-state index in [1.807, 2.05) is 24.3 Å². The second kappa shape index (κ2) is 6.26. The highest BCUT2D eigenvalue weighted by Crippen LogP contribution is 2.26. The summed E-state index contributed by atoms with van der Waals surface area (Å²) in [5.41, 5.74) is 2.04. The largest absolute Gasteiger partial charge is 0.378 e. The number of carbonyl (C=O) groups is 2. The maximum Gasteiger partial charge on any atom is 0.242 e. The van der Waals surface area contributed by atoms with Crippen LogP contribution in [0.15, 0.2) is 24.3 Å². The number of hydrogen-bond donors (Lipinski definition) is 0. The molecule has 1 saturated heterocycles. The van der Waals surface area contributed by atoms with Crippen LogP contribution < -0.4 is 4.90 Å². The Morgan fingerprint density at radius 2 is 1.90 bits per heavy atom. The van der Waals surface area contributed by atoms with E-state index in [0.717, 1.165) is 24.1 Å². The van der Waals surface area contributed by atoms with Gasteiger partial charge < -0.3 is 14.5 Å². The first kappa shape index (κ1) is 14.1. The first-order valence-corrected chi connectivity index (χ1v) is 7.49. The Morgan fingerprint density at radius 1 is 1.14 bits per heavy atom. The molecule has 2 amide bonds. The molecule has 0 saturated carbocycles. The maximum absolute atomic E-state index is 12.4. The Bertz CT molecular complexity index is 538. The molecule has 0 bridgehead atoms. The lowest BCUT2D eigenvalue weighted by molar-refractivity contribution is -0.135. The summed E-state index contributed by atoms with van der Waals surface area (Å²) in [6.45, 7) is 2.52. The van der Waals surface area contributed by atoms with Gasteiger partial charge in [-0.3, -0.25) is 9.59 Å². The van der Waals surface area contributed by atoms with Gasteiger partial charge >= 0.3 is 0 Å². The smallest absolute Gasteiger partial charge is 0.242 e. The molecule has 0 unspecified atom stereocenters. The van der Waals surface area contributed by atoms with Gasteiger partial charge in [0.2, 0.25) is 11.8 Å². The van der Waals surface area contributed by atoms with Crippen molar-refractivity contribution in [3.63, 3.8) is 0 Å². The van der Waals surface area contributed by atoms with Crippen LogP contribution in [0.25, 0.3) is 0 Å². The van der Waals surface area contributed by atoms with Crippen LogP contribution in [0.4, 0.5) is 5.69 Å². The maximum atomic E-state index is 12.4. The van der Waals surface area contributed by atoms with E-state index >= 15 is 0 Å². The first-order chi connectivity index (χ1) is 10.3. The number of fused-ring (bicyclic) bond motifs is 1. The molecule has 1 aromatic carbocycles. The summed E-state index contributed by atoms with van der Waals surface area (Å²) in [6.07, 6.45) is 2.24. The van der Waals surface area contributed by atoms with Gasteiger partial charge in [-0.2, -0.15) is 0 Å². The topological polar surface area (TPSA) is 49.9 Å². The fourth-order valence-electron chi connectivity index (χ4n) is 2.91. The van der Waals surface area contributed by atoms with Crippen LogP contribution >= 0.6 is 0 Å². The van der Waals surface area contributed by atoms with Gasteiger partial charge in [0.25, 0.3) is 0 Å². The normalized spacial score (nSPS) is 19.1. The van der Waals surface area contributed by atoms with Gasteiger partial charge in [-0.1, -0.05) is 18.2 Å². The van der Waals surface area contributed by atoms with E-state index in [4.69, 9.17) is 4.74 Å². The number of nitrogens with zero attached hydrogens (tertiary/aromatic N) is 2. The number of aryl methyl sites for hydroxylation is 1. The summed E-state index contributed by atoms with van der Waals surface area (Å²) in [5.74, 6) is 0.0462. The van der Waals surface area contributed by atoms with Gasteiger partial charge in [-0.15, -0.1) is 0 Å². The van der Waals surface area contributed by atoms with Crippen molar-refractivity contribution >= 4 is 17.5 Å². The predicted octanol–water partition coefficient (Wildman–Crippen LogP) is 1.21. The van der Waals surface area contributed by atoms with Gasteiger partial charge in [0.1, 0.15) is 6.54 Å². The molecule has 0 spiro atoms. The van der Waals surface area contributed by atoms with Crippen molar-refractivity contribution in [3.8, 4) is 0 Å². The Kier molecular flexibility index (Phi) is 4.20. The fourth-order valence-corrected chi connectivity index (χ4v) is 2.91. The highest BCUT2D eigenvalue weighted by Gasteiger charge is 2.26. The lowest BCUT2D eigenvalue weighted by atomic mass is 10.1. The molecule has 2 heterocycles. The summed E-state index contributed by atoms with van der Waals surface area (Å²) >= 11 is 0. The van der Waals surface area contributed by atoms with Gasteiger partial charge in [0, 0.05) is 25.2 Å². The molecular formula is C16H20N2O3. The summed E-state index contributed by atoms with van der Waals surface area (Å²) in [7, 11) is 0. The third kappa shape index (κ3) is 3.08. The minimum atomic E-state index is 0.00310. The monoisotopic (exact) mass is 288 g/mol. The molecule has 5 heteroatoms. The molecule has 1 aromatic rings. The third-order valence-electron chi connectivity index (χ3n) is 4.08. The fraction of sp³-hybridized carbons (Fsp3) is 0.500. The quantitative estimate of drug-likeness (QED) is 0.822. The third-order valence-corrected chi connectivity index (χ3v) is 4.08. The van der Waals surface area contributed by atoms with Gasteiger partial charge in [-0.05, 0) is 24.5 Å². The molecule has 0 N–H and O–H groups in total. The Balaban J connectivity index is 1.79. The van der Waals surface area contributed by atoms with Crippen LogP contribution in [-0.4, -0.2) is 49.6 Å². The molecule has 0 radical (unpaired) electrons. The van der Waals surface area contributed by atoms with Crippen molar-refractivity contribution in [2.24, 2.45) is 0 Å². The predicted molar refractivity (Wildman–Crippen MR) is 79.1 cm³/mol. The zero-order valence-corrected chi connectivity index (χ0v) is 12.1. The number of ether oxygens (including phenoxy) is 1. The zero-order chi connectivity index (χ0) is 14.7. The van der Waals surface area contributed by atoms with E-state index in [0.29, 0.717) is 32.7 Å². The molecule has 0 aromatic heterocycles. The highest BCUT2D eigenvalue weighted by atomic mass is 16.5. The molecule has 2 aliphatic heterocycles. The van der Waals surface area contributed by atoms with Crippen LogP contribution in [0, 0.1) is 0 Å². The van der Waals surface area contributed by atoms with Crippen molar-refractivity contribution < 1.29 is 14.3 Å². The van der Waals surface area contributed by atoms with E-state index in [-0.39, 0.29) is 18.4 Å². The number of morpholine rings is 1. The van der Waals surface area contributed by atoms with Gasteiger partial charge in [0.15, 0.2) is 0 Å². The Labute approximate surface area is 124 Å². The average molecular weight is 288 g/mol. The highest BCUT2D eigenvalue weighted by molar-refractivity contribution is 5.99. The molecule has 5 nitrogen and oxygen atoms in total. The van der Waals surface area contributed by atoms with E-state index in [9.17, 15) is 9.59 Å². The zero-order valence-electron chi connectivity index (χ0n) is 12.1. The lowest BCUT2D eigenvalue weighted by Gasteiger charge is -2.30. The number of anilines is 1. The second-order valence-corrected chi connectivity index (χ2v) is 5.46. The summed E-state index contributed by atoms with van der Waals surface area (Å²) in [6, 6.07) is 7.88. The number of hydrogen-bond acceptors (Lipinski definition) is 3. The second-order valence-electron chi connectivity index (χ2n) is 5.46. The van der Waals surface area contributed by atoms with Gasteiger partial charge in [-0.25, -0.2) is 0 Å². The summed E-state index contributed by atoms with van der Waals surface area (Å²) in [5, 5.41) is 0. The molecule has 112 valence electrons.